The first-order chi connectivity index (χ1) is 9.61. The monoisotopic (exact) mass is 273 g/mol. The Kier molecular flexibility index (Phi) is 4.48. The van der Waals surface area contributed by atoms with Crippen LogP contribution < -0.4 is 10.1 Å². The van der Waals surface area contributed by atoms with Gasteiger partial charge in [0.1, 0.15) is 5.75 Å². The minimum absolute atomic E-state index is 0.0732. The van der Waals surface area contributed by atoms with Gasteiger partial charge >= 0.3 is 0 Å². The van der Waals surface area contributed by atoms with Gasteiger partial charge in [0.2, 0.25) is 0 Å². The van der Waals surface area contributed by atoms with E-state index in [-0.39, 0.29) is 17.5 Å². The molecule has 4 heteroatoms. The molecule has 0 spiro atoms. The van der Waals surface area contributed by atoms with Crippen LogP contribution in [0.25, 0.3) is 0 Å². The molecule has 1 atom stereocenters. The molecule has 3 N–H and O–H groups in total. The van der Waals surface area contributed by atoms with Gasteiger partial charge in [0.25, 0.3) is 0 Å². The highest BCUT2D eigenvalue weighted by Gasteiger charge is 2.09. The summed E-state index contributed by atoms with van der Waals surface area (Å²) in [5.74, 6) is 0.873. The molecule has 106 valence electrons. The van der Waals surface area contributed by atoms with E-state index in [4.69, 9.17) is 4.74 Å². The van der Waals surface area contributed by atoms with Gasteiger partial charge < -0.3 is 20.3 Å². The zero-order chi connectivity index (χ0) is 14.5. The summed E-state index contributed by atoms with van der Waals surface area (Å²) < 4.78 is 5.10. The molecule has 20 heavy (non-hydrogen) atoms. The van der Waals surface area contributed by atoms with Gasteiger partial charge in [-0.2, -0.15) is 0 Å². The summed E-state index contributed by atoms with van der Waals surface area (Å²) in [6.45, 7) is 2.59. The summed E-state index contributed by atoms with van der Waals surface area (Å²) in [5, 5.41) is 22.6. The number of ether oxygens (including phenoxy) is 1. The molecule has 2 aromatic carbocycles. The molecule has 0 amide bonds. The van der Waals surface area contributed by atoms with E-state index >= 15 is 0 Å². The van der Waals surface area contributed by atoms with Crippen LogP contribution in [0.1, 0.15) is 24.1 Å². The summed E-state index contributed by atoms with van der Waals surface area (Å²) in [6, 6.07) is 12.6. The van der Waals surface area contributed by atoms with Crippen LogP contribution in [0, 0.1) is 0 Å². The quantitative estimate of drug-likeness (QED) is 0.784. The normalized spacial score (nSPS) is 12.1. The molecule has 0 bridgehead atoms. The van der Waals surface area contributed by atoms with Gasteiger partial charge in [0.15, 0.2) is 11.5 Å². The summed E-state index contributed by atoms with van der Waals surface area (Å²) >= 11 is 0. The van der Waals surface area contributed by atoms with Crippen molar-refractivity contribution in [2.45, 2.75) is 19.5 Å². The van der Waals surface area contributed by atoms with Gasteiger partial charge in [-0.3, -0.25) is 0 Å². The minimum atomic E-state index is 0.0732. The Morgan fingerprint density at radius 1 is 1.10 bits per heavy atom. The Bertz CT molecular complexity index is 584. The van der Waals surface area contributed by atoms with Crippen molar-refractivity contribution in [2.75, 3.05) is 7.11 Å². The number of benzene rings is 2. The van der Waals surface area contributed by atoms with Crippen LogP contribution in [-0.4, -0.2) is 17.3 Å². The van der Waals surface area contributed by atoms with Gasteiger partial charge in [-0.05, 0) is 30.7 Å². The molecule has 4 nitrogen and oxygen atoms in total. The van der Waals surface area contributed by atoms with Crippen molar-refractivity contribution in [3.8, 4) is 17.2 Å². The summed E-state index contributed by atoms with van der Waals surface area (Å²) in [4.78, 5) is 0. The highest BCUT2D eigenvalue weighted by atomic mass is 16.5. The van der Waals surface area contributed by atoms with Gasteiger partial charge in [-0.15, -0.1) is 0 Å². The standard InChI is InChI=1S/C16H19NO3/c1-11(12-7-8-15(19)16(9-12)20-2)17-10-13-5-3-4-6-14(13)18/h3-9,11,17-19H,10H2,1-2H3. The lowest BCUT2D eigenvalue weighted by atomic mass is 10.1. The summed E-state index contributed by atoms with van der Waals surface area (Å²) in [6.07, 6.45) is 0. The first-order valence-corrected chi connectivity index (χ1v) is 6.49. The predicted molar refractivity (Wildman–Crippen MR) is 78.0 cm³/mol. The van der Waals surface area contributed by atoms with E-state index in [0.29, 0.717) is 12.3 Å². The summed E-state index contributed by atoms with van der Waals surface area (Å²) in [5.41, 5.74) is 1.86. The third kappa shape index (κ3) is 3.22. The molecule has 2 aromatic rings. The van der Waals surface area contributed by atoms with E-state index in [1.807, 2.05) is 25.1 Å². The van der Waals surface area contributed by atoms with Crippen LogP contribution in [0.2, 0.25) is 0 Å². The number of aromatic hydroxyl groups is 2. The molecule has 0 aliphatic heterocycles. The maximum absolute atomic E-state index is 9.72. The SMILES string of the molecule is COc1cc(C(C)NCc2ccccc2O)ccc1O. The molecule has 0 heterocycles. The van der Waals surface area contributed by atoms with Gasteiger partial charge in [-0.1, -0.05) is 24.3 Å². The van der Waals surface area contributed by atoms with E-state index in [1.165, 1.54) is 7.11 Å². The third-order valence-electron chi connectivity index (χ3n) is 3.29. The van der Waals surface area contributed by atoms with Crippen molar-refractivity contribution < 1.29 is 14.9 Å². The smallest absolute Gasteiger partial charge is 0.160 e. The first kappa shape index (κ1) is 14.2. The van der Waals surface area contributed by atoms with Crippen LogP contribution >= 0.6 is 0 Å². The second-order valence-electron chi connectivity index (χ2n) is 4.66. The Hall–Kier alpha value is -2.20. The number of hydrogen-bond donors (Lipinski definition) is 3. The van der Waals surface area contributed by atoms with E-state index in [1.54, 1.807) is 24.3 Å². The van der Waals surface area contributed by atoms with Crippen molar-refractivity contribution in [1.29, 1.82) is 0 Å². The molecule has 0 saturated carbocycles. The van der Waals surface area contributed by atoms with E-state index in [0.717, 1.165) is 11.1 Å². The van der Waals surface area contributed by atoms with E-state index < -0.39 is 0 Å². The van der Waals surface area contributed by atoms with E-state index in [9.17, 15) is 10.2 Å². The largest absolute Gasteiger partial charge is 0.508 e. The fourth-order valence-corrected chi connectivity index (χ4v) is 2.00. The van der Waals surface area contributed by atoms with Crippen LogP contribution in [-0.2, 0) is 6.54 Å². The fourth-order valence-electron chi connectivity index (χ4n) is 2.00. The topological polar surface area (TPSA) is 61.7 Å². The van der Waals surface area contributed by atoms with Crippen molar-refractivity contribution in [3.63, 3.8) is 0 Å². The van der Waals surface area contributed by atoms with Crippen molar-refractivity contribution in [2.24, 2.45) is 0 Å². The molecular formula is C16H19NO3. The molecule has 0 aliphatic carbocycles. The van der Waals surface area contributed by atoms with Crippen molar-refractivity contribution >= 4 is 0 Å². The second-order valence-corrected chi connectivity index (χ2v) is 4.66. The number of rotatable bonds is 5. The number of para-hydroxylation sites is 1. The second kappa shape index (κ2) is 6.30. The Balaban J connectivity index is 2.05. The zero-order valence-electron chi connectivity index (χ0n) is 11.6. The first-order valence-electron chi connectivity index (χ1n) is 6.49. The highest BCUT2D eigenvalue weighted by molar-refractivity contribution is 5.42. The zero-order valence-corrected chi connectivity index (χ0v) is 11.6. The number of phenolic OH excluding ortho intramolecular Hbond substituents is 2. The molecule has 1 unspecified atom stereocenters. The molecular weight excluding hydrogens is 254 g/mol. The molecule has 2 rings (SSSR count). The maximum atomic E-state index is 9.72. The number of phenols is 2. The predicted octanol–water partition coefficient (Wildman–Crippen LogP) is 2.96. The van der Waals surface area contributed by atoms with Crippen LogP contribution in [0.15, 0.2) is 42.5 Å². The van der Waals surface area contributed by atoms with Crippen LogP contribution in [0.5, 0.6) is 17.2 Å². The fraction of sp³-hybridized carbons (Fsp3) is 0.250. The van der Waals surface area contributed by atoms with Crippen molar-refractivity contribution in [3.05, 3.63) is 53.6 Å². The lowest BCUT2D eigenvalue weighted by Crippen LogP contribution is -2.18. The number of methoxy groups -OCH3 is 1. The number of nitrogens with one attached hydrogen (secondary N) is 1. The van der Waals surface area contributed by atoms with Crippen LogP contribution in [0.3, 0.4) is 0 Å². The number of hydrogen-bond acceptors (Lipinski definition) is 4. The average molecular weight is 273 g/mol. The van der Waals surface area contributed by atoms with Crippen LogP contribution in [0.4, 0.5) is 0 Å². The third-order valence-corrected chi connectivity index (χ3v) is 3.29. The highest BCUT2D eigenvalue weighted by Crippen LogP contribution is 2.29. The molecule has 0 aliphatic rings. The minimum Gasteiger partial charge on any atom is -0.508 e. The van der Waals surface area contributed by atoms with Gasteiger partial charge in [-0.25, -0.2) is 0 Å². The Morgan fingerprint density at radius 3 is 2.55 bits per heavy atom. The van der Waals surface area contributed by atoms with Crippen molar-refractivity contribution in [1.82, 2.24) is 5.32 Å². The van der Waals surface area contributed by atoms with Gasteiger partial charge in [0, 0.05) is 18.2 Å². The van der Waals surface area contributed by atoms with E-state index in [2.05, 4.69) is 5.32 Å². The molecule has 0 radical (unpaired) electrons. The van der Waals surface area contributed by atoms with Gasteiger partial charge in [0.05, 0.1) is 7.11 Å². The molecule has 0 fully saturated rings. The molecule has 0 aromatic heterocycles. The molecule has 0 saturated heterocycles. The Morgan fingerprint density at radius 2 is 1.85 bits per heavy atom. The lowest BCUT2D eigenvalue weighted by Gasteiger charge is -2.16. The summed E-state index contributed by atoms with van der Waals surface area (Å²) in [7, 11) is 1.53. The Labute approximate surface area is 118 Å². The average Bonchev–Trinajstić information content (AvgIpc) is 2.46. The maximum Gasteiger partial charge on any atom is 0.160 e. The lowest BCUT2D eigenvalue weighted by molar-refractivity contribution is 0.372.